The van der Waals surface area contributed by atoms with E-state index >= 15 is 0 Å². The Hall–Kier alpha value is -1.79. The van der Waals surface area contributed by atoms with E-state index < -0.39 is 5.91 Å². The minimum atomic E-state index is -0.477. The maximum absolute atomic E-state index is 12.0. The van der Waals surface area contributed by atoms with E-state index in [-0.39, 0.29) is 5.57 Å². The molecule has 0 spiro atoms. The molecule has 0 aliphatic heterocycles. The van der Waals surface area contributed by atoms with Crippen LogP contribution in [0.1, 0.15) is 17.5 Å². The van der Waals surface area contributed by atoms with Crippen LogP contribution in [0.3, 0.4) is 0 Å². The van der Waals surface area contributed by atoms with Crippen LogP contribution in [0.2, 0.25) is 0 Å². The average molecular weight is 410 g/mol. The van der Waals surface area contributed by atoms with Crippen molar-refractivity contribution in [3.8, 4) is 6.07 Å². The SMILES string of the molecule is CCc1nnc(NC(=O)/C(C#N)=C/c2ccc(I)cc2)s1. The predicted molar refractivity (Wildman–Crippen MR) is 90.7 cm³/mol. The second-order valence-corrected chi connectivity index (χ2v) is 6.34. The van der Waals surface area contributed by atoms with E-state index in [1.54, 1.807) is 6.08 Å². The third-order valence-corrected chi connectivity index (χ3v) is 4.24. The van der Waals surface area contributed by atoms with Crippen LogP contribution in [-0.4, -0.2) is 16.1 Å². The summed E-state index contributed by atoms with van der Waals surface area (Å²) in [7, 11) is 0. The van der Waals surface area contributed by atoms with Gasteiger partial charge in [-0.15, -0.1) is 10.2 Å². The van der Waals surface area contributed by atoms with Crippen LogP contribution in [-0.2, 0) is 11.2 Å². The zero-order valence-electron chi connectivity index (χ0n) is 11.1. The molecule has 2 rings (SSSR count). The Morgan fingerprint density at radius 3 is 2.71 bits per heavy atom. The first-order chi connectivity index (χ1) is 10.1. The first kappa shape index (κ1) is 15.6. The Kier molecular flexibility index (Phi) is 5.41. The molecule has 1 amide bonds. The third-order valence-electron chi connectivity index (χ3n) is 2.54. The molecule has 1 heterocycles. The van der Waals surface area contributed by atoms with Crippen LogP contribution in [0.5, 0.6) is 0 Å². The predicted octanol–water partition coefficient (Wildman–Crippen LogP) is 3.25. The van der Waals surface area contributed by atoms with Crippen molar-refractivity contribution >= 4 is 51.0 Å². The van der Waals surface area contributed by atoms with Crippen molar-refractivity contribution in [2.24, 2.45) is 0 Å². The third kappa shape index (κ3) is 4.34. The average Bonchev–Trinajstić information content (AvgIpc) is 2.94. The minimum Gasteiger partial charge on any atom is -0.296 e. The molecular weight excluding hydrogens is 399 g/mol. The maximum Gasteiger partial charge on any atom is 0.268 e. The van der Waals surface area contributed by atoms with Crippen molar-refractivity contribution in [1.82, 2.24) is 10.2 Å². The fraction of sp³-hybridized carbons (Fsp3) is 0.143. The van der Waals surface area contributed by atoms with Gasteiger partial charge in [0.2, 0.25) is 5.13 Å². The van der Waals surface area contributed by atoms with Crippen LogP contribution >= 0.6 is 33.9 Å². The highest BCUT2D eigenvalue weighted by molar-refractivity contribution is 14.1. The molecule has 2 aromatic rings. The van der Waals surface area contributed by atoms with Crippen molar-refractivity contribution in [2.75, 3.05) is 5.32 Å². The van der Waals surface area contributed by atoms with Crippen molar-refractivity contribution < 1.29 is 4.79 Å². The highest BCUT2D eigenvalue weighted by Crippen LogP contribution is 2.17. The monoisotopic (exact) mass is 410 g/mol. The lowest BCUT2D eigenvalue weighted by atomic mass is 10.1. The Bertz CT molecular complexity index is 715. The number of nitrogens with one attached hydrogen (secondary N) is 1. The first-order valence-electron chi connectivity index (χ1n) is 6.13. The first-order valence-corrected chi connectivity index (χ1v) is 8.03. The summed E-state index contributed by atoms with van der Waals surface area (Å²) in [6, 6.07) is 9.45. The number of hydrogen-bond acceptors (Lipinski definition) is 5. The lowest BCUT2D eigenvalue weighted by Gasteiger charge is -2.00. The van der Waals surface area contributed by atoms with Crippen molar-refractivity contribution in [3.05, 3.63) is 44.0 Å². The maximum atomic E-state index is 12.0. The highest BCUT2D eigenvalue weighted by atomic mass is 127. The quantitative estimate of drug-likeness (QED) is 0.477. The molecule has 7 heteroatoms. The molecule has 0 saturated heterocycles. The van der Waals surface area contributed by atoms with Gasteiger partial charge in [-0.25, -0.2) is 0 Å². The van der Waals surface area contributed by atoms with Crippen molar-refractivity contribution in [3.63, 3.8) is 0 Å². The standard InChI is InChI=1S/C14H11IN4OS/c1-2-12-18-19-14(21-12)17-13(20)10(8-16)7-9-3-5-11(15)6-4-9/h3-7H,2H2,1H3,(H,17,19,20)/b10-7+. The van der Waals surface area contributed by atoms with E-state index in [4.69, 9.17) is 5.26 Å². The zero-order valence-corrected chi connectivity index (χ0v) is 14.1. The normalized spacial score (nSPS) is 11.0. The fourth-order valence-electron chi connectivity index (χ4n) is 1.49. The summed E-state index contributed by atoms with van der Waals surface area (Å²) in [6.45, 7) is 1.96. The molecular formula is C14H11IN4OS. The van der Waals surface area contributed by atoms with E-state index in [2.05, 4.69) is 38.1 Å². The largest absolute Gasteiger partial charge is 0.296 e. The number of anilines is 1. The number of aryl methyl sites for hydroxylation is 1. The van der Waals surface area contributed by atoms with Crippen LogP contribution in [0.15, 0.2) is 29.8 Å². The van der Waals surface area contributed by atoms with E-state index in [1.165, 1.54) is 11.3 Å². The fourth-order valence-corrected chi connectivity index (χ4v) is 2.52. The number of benzene rings is 1. The Balaban J connectivity index is 2.15. The summed E-state index contributed by atoms with van der Waals surface area (Å²) in [4.78, 5) is 12.0. The Morgan fingerprint density at radius 1 is 1.43 bits per heavy atom. The molecule has 0 bridgehead atoms. The second kappa shape index (κ2) is 7.28. The number of aromatic nitrogens is 2. The van der Waals surface area contributed by atoms with Gasteiger partial charge in [-0.1, -0.05) is 30.4 Å². The number of rotatable bonds is 4. The molecule has 0 aliphatic rings. The highest BCUT2D eigenvalue weighted by Gasteiger charge is 2.12. The summed E-state index contributed by atoms with van der Waals surface area (Å²) >= 11 is 3.50. The van der Waals surface area contributed by atoms with Gasteiger partial charge in [-0.05, 0) is 52.8 Å². The number of carbonyl (C=O) groups excluding carboxylic acids is 1. The van der Waals surface area contributed by atoms with Crippen molar-refractivity contribution in [1.29, 1.82) is 5.26 Å². The number of carbonyl (C=O) groups is 1. The molecule has 1 N–H and O–H groups in total. The number of hydrogen-bond donors (Lipinski definition) is 1. The molecule has 0 aliphatic carbocycles. The molecule has 0 atom stereocenters. The topological polar surface area (TPSA) is 78.7 Å². The van der Waals surface area contributed by atoms with Crippen LogP contribution in [0, 0.1) is 14.9 Å². The lowest BCUT2D eigenvalue weighted by Crippen LogP contribution is -2.13. The van der Waals surface area contributed by atoms with Gasteiger partial charge in [0.05, 0.1) is 0 Å². The van der Waals surface area contributed by atoms with Gasteiger partial charge >= 0.3 is 0 Å². The lowest BCUT2D eigenvalue weighted by molar-refractivity contribution is -0.112. The van der Waals surface area contributed by atoms with Crippen LogP contribution in [0.25, 0.3) is 6.08 Å². The van der Waals surface area contributed by atoms with Gasteiger partial charge < -0.3 is 0 Å². The Morgan fingerprint density at radius 2 is 2.14 bits per heavy atom. The second-order valence-electron chi connectivity index (χ2n) is 4.03. The molecule has 0 saturated carbocycles. The molecule has 1 aromatic heterocycles. The summed E-state index contributed by atoms with van der Waals surface area (Å²) < 4.78 is 1.09. The number of amides is 1. The van der Waals surface area contributed by atoms with Gasteiger partial charge in [0.15, 0.2) is 0 Å². The van der Waals surface area contributed by atoms with Gasteiger partial charge in [-0.2, -0.15) is 5.26 Å². The number of nitriles is 1. The van der Waals surface area contributed by atoms with Crippen LogP contribution in [0.4, 0.5) is 5.13 Å². The molecule has 0 unspecified atom stereocenters. The minimum absolute atomic E-state index is 0.0319. The Labute approximate surface area is 139 Å². The number of halogens is 1. The van der Waals surface area contributed by atoms with E-state index in [9.17, 15) is 4.79 Å². The van der Waals surface area contributed by atoms with Gasteiger partial charge in [0.1, 0.15) is 16.6 Å². The summed E-state index contributed by atoms with van der Waals surface area (Å²) in [5.74, 6) is -0.477. The molecule has 5 nitrogen and oxygen atoms in total. The number of nitrogens with zero attached hydrogens (tertiary/aromatic N) is 3. The van der Waals surface area contributed by atoms with Gasteiger partial charge in [0, 0.05) is 3.57 Å². The molecule has 1 aromatic carbocycles. The van der Waals surface area contributed by atoms with Gasteiger partial charge in [0.25, 0.3) is 5.91 Å². The van der Waals surface area contributed by atoms with E-state index in [1.807, 2.05) is 37.3 Å². The molecule has 0 fully saturated rings. The van der Waals surface area contributed by atoms with E-state index in [0.717, 1.165) is 20.6 Å². The molecule has 106 valence electrons. The smallest absolute Gasteiger partial charge is 0.268 e. The van der Waals surface area contributed by atoms with Gasteiger partial charge in [-0.3, -0.25) is 10.1 Å². The zero-order chi connectivity index (χ0) is 15.2. The van der Waals surface area contributed by atoms with E-state index in [0.29, 0.717) is 5.13 Å². The summed E-state index contributed by atoms with van der Waals surface area (Å²) in [5, 5.41) is 20.7. The molecule has 21 heavy (non-hydrogen) atoms. The summed E-state index contributed by atoms with van der Waals surface area (Å²) in [5.41, 5.74) is 0.832. The van der Waals surface area contributed by atoms with Crippen molar-refractivity contribution in [2.45, 2.75) is 13.3 Å². The summed E-state index contributed by atoms with van der Waals surface area (Å²) in [6.07, 6.45) is 2.31. The van der Waals surface area contributed by atoms with Crippen LogP contribution < -0.4 is 5.32 Å². The molecule has 0 radical (unpaired) electrons.